The predicted molar refractivity (Wildman–Crippen MR) is 74.8 cm³/mol. The molecule has 0 amide bonds. The molecule has 0 spiro atoms. The number of H-pyrrole nitrogens is 1. The molecule has 0 aliphatic carbocycles. The van der Waals surface area contributed by atoms with E-state index in [4.69, 9.17) is 11.6 Å². The van der Waals surface area contributed by atoms with Crippen LogP contribution in [0.15, 0.2) is 45.7 Å². The number of para-hydroxylation sites is 2. The van der Waals surface area contributed by atoms with Crippen molar-refractivity contribution in [1.82, 2.24) is 4.98 Å². The fourth-order valence-corrected chi connectivity index (χ4v) is 2.64. The normalized spacial score (nSPS) is 11.2. The third-order valence-corrected chi connectivity index (χ3v) is 3.74. The highest BCUT2D eigenvalue weighted by Gasteiger charge is 2.08. The van der Waals surface area contributed by atoms with Crippen LogP contribution in [-0.4, -0.2) is 4.98 Å². The van der Waals surface area contributed by atoms with Gasteiger partial charge in [-0.05, 0) is 40.2 Å². The minimum Gasteiger partial charge on any atom is -0.352 e. The number of aromatic nitrogens is 1. The van der Waals surface area contributed by atoms with Crippen LogP contribution in [0.4, 0.5) is 0 Å². The first kappa shape index (κ1) is 10.8. The first-order chi connectivity index (χ1) is 8.18. The van der Waals surface area contributed by atoms with E-state index in [0.29, 0.717) is 21.3 Å². The topological polar surface area (TPSA) is 32.9 Å². The molecule has 0 saturated carbocycles. The molecule has 4 heteroatoms. The molecule has 1 heterocycles. The third kappa shape index (κ3) is 1.58. The Kier molecular flexibility index (Phi) is 2.45. The Hall–Kier alpha value is -1.32. The third-order valence-electron chi connectivity index (χ3n) is 2.77. The van der Waals surface area contributed by atoms with E-state index in [1.807, 2.05) is 12.1 Å². The van der Waals surface area contributed by atoms with Gasteiger partial charge in [-0.1, -0.05) is 23.7 Å². The lowest BCUT2D eigenvalue weighted by Gasteiger charge is -2.05. The van der Waals surface area contributed by atoms with Crippen LogP contribution in [0.3, 0.4) is 0 Å². The summed E-state index contributed by atoms with van der Waals surface area (Å²) in [5, 5.41) is 1.83. The van der Waals surface area contributed by atoms with Gasteiger partial charge < -0.3 is 4.98 Å². The van der Waals surface area contributed by atoms with Crippen molar-refractivity contribution in [3.63, 3.8) is 0 Å². The summed E-state index contributed by atoms with van der Waals surface area (Å²) >= 11 is 9.52. The summed E-state index contributed by atoms with van der Waals surface area (Å²) < 4.78 is 0.855. The quantitative estimate of drug-likeness (QED) is 0.623. The molecule has 3 aromatic rings. The standard InChI is InChI=1S/C13H7BrClNO/c14-9-5-1-3-7-11(9)16-12-8(13(7)17)4-2-6-10(12)15/h1-6H,(H,16,17). The van der Waals surface area contributed by atoms with Gasteiger partial charge in [0.2, 0.25) is 0 Å². The van der Waals surface area contributed by atoms with Crippen molar-refractivity contribution in [3.8, 4) is 0 Å². The molecule has 2 nitrogen and oxygen atoms in total. The predicted octanol–water partition coefficient (Wildman–Crippen LogP) is 4.10. The molecule has 0 aliphatic rings. The van der Waals surface area contributed by atoms with Crippen molar-refractivity contribution in [1.29, 1.82) is 0 Å². The van der Waals surface area contributed by atoms with Crippen molar-refractivity contribution in [2.75, 3.05) is 0 Å². The monoisotopic (exact) mass is 307 g/mol. The Bertz CT molecular complexity index is 731. The first-order valence-electron chi connectivity index (χ1n) is 5.07. The molecule has 0 saturated heterocycles. The Labute approximate surface area is 110 Å². The second kappa shape index (κ2) is 3.86. The fourth-order valence-electron chi connectivity index (χ4n) is 1.95. The van der Waals surface area contributed by atoms with E-state index >= 15 is 0 Å². The van der Waals surface area contributed by atoms with Crippen molar-refractivity contribution in [2.24, 2.45) is 0 Å². The van der Waals surface area contributed by atoms with Crippen LogP contribution in [0.25, 0.3) is 21.8 Å². The Morgan fingerprint density at radius 3 is 2.41 bits per heavy atom. The fraction of sp³-hybridized carbons (Fsp3) is 0. The van der Waals surface area contributed by atoms with Crippen molar-refractivity contribution in [2.45, 2.75) is 0 Å². The summed E-state index contributed by atoms with van der Waals surface area (Å²) in [5.41, 5.74) is 1.45. The molecular weight excluding hydrogens is 302 g/mol. The van der Waals surface area contributed by atoms with E-state index in [-0.39, 0.29) is 5.43 Å². The van der Waals surface area contributed by atoms with Gasteiger partial charge in [0.15, 0.2) is 5.43 Å². The summed E-state index contributed by atoms with van der Waals surface area (Å²) in [6.07, 6.45) is 0. The maximum atomic E-state index is 12.3. The van der Waals surface area contributed by atoms with Gasteiger partial charge in [-0.15, -0.1) is 0 Å². The minimum atomic E-state index is -0.00227. The molecule has 0 radical (unpaired) electrons. The van der Waals surface area contributed by atoms with Crippen LogP contribution in [0.2, 0.25) is 5.02 Å². The lowest BCUT2D eigenvalue weighted by Crippen LogP contribution is -2.04. The molecule has 0 fully saturated rings. The molecule has 3 rings (SSSR count). The molecular formula is C13H7BrClNO. The van der Waals surface area contributed by atoms with Gasteiger partial charge in [0.1, 0.15) is 0 Å². The Morgan fingerprint density at radius 2 is 1.65 bits per heavy atom. The second-order valence-electron chi connectivity index (χ2n) is 3.78. The van der Waals surface area contributed by atoms with Crippen LogP contribution >= 0.6 is 27.5 Å². The Balaban J connectivity index is 2.68. The number of pyridine rings is 1. The van der Waals surface area contributed by atoms with Crippen LogP contribution in [-0.2, 0) is 0 Å². The number of fused-ring (bicyclic) bond motifs is 2. The summed E-state index contributed by atoms with van der Waals surface area (Å²) in [6.45, 7) is 0. The highest BCUT2D eigenvalue weighted by Crippen LogP contribution is 2.25. The van der Waals surface area contributed by atoms with Crippen LogP contribution in [0.1, 0.15) is 0 Å². The first-order valence-corrected chi connectivity index (χ1v) is 6.24. The molecule has 1 aromatic heterocycles. The zero-order chi connectivity index (χ0) is 12.0. The average Bonchev–Trinajstić information content (AvgIpc) is 2.32. The molecule has 84 valence electrons. The molecule has 0 atom stereocenters. The number of benzene rings is 2. The molecule has 0 bridgehead atoms. The molecule has 2 aromatic carbocycles. The van der Waals surface area contributed by atoms with Gasteiger partial charge in [0.05, 0.1) is 16.1 Å². The van der Waals surface area contributed by atoms with E-state index in [1.54, 1.807) is 24.3 Å². The largest absolute Gasteiger partial charge is 0.352 e. The van der Waals surface area contributed by atoms with Crippen LogP contribution in [0, 0.1) is 0 Å². The van der Waals surface area contributed by atoms with Crippen molar-refractivity contribution < 1.29 is 0 Å². The molecule has 0 unspecified atom stereocenters. The van der Waals surface area contributed by atoms with E-state index in [1.165, 1.54) is 0 Å². The van der Waals surface area contributed by atoms with Gasteiger partial charge >= 0.3 is 0 Å². The maximum Gasteiger partial charge on any atom is 0.197 e. The highest BCUT2D eigenvalue weighted by molar-refractivity contribution is 9.10. The van der Waals surface area contributed by atoms with E-state index < -0.39 is 0 Å². The summed E-state index contributed by atoms with van der Waals surface area (Å²) in [6, 6.07) is 10.9. The average molecular weight is 309 g/mol. The zero-order valence-corrected chi connectivity index (χ0v) is 11.0. The van der Waals surface area contributed by atoms with Crippen molar-refractivity contribution in [3.05, 3.63) is 56.1 Å². The van der Waals surface area contributed by atoms with Crippen LogP contribution < -0.4 is 5.43 Å². The molecule has 17 heavy (non-hydrogen) atoms. The smallest absolute Gasteiger partial charge is 0.197 e. The highest BCUT2D eigenvalue weighted by atomic mass is 79.9. The van der Waals surface area contributed by atoms with Crippen molar-refractivity contribution >= 4 is 49.3 Å². The summed E-state index contributed by atoms with van der Waals surface area (Å²) in [7, 11) is 0. The number of aromatic amines is 1. The van der Waals surface area contributed by atoms with E-state index in [2.05, 4.69) is 20.9 Å². The number of nitrogens with one attached hydrogen (secondary N) is 1. The minimum absolute atomic E-state index is 0.00227. The number of hydrogen-bond acceptors (Lipinski definition) is 1. The summed E-state index contributed by atoms with van der Waals surface area (Å²) in [5.74, 6) is 0. The Morgan fingerprint density at radius 1 is 1.00 bits per heavy atom. The van der Waals surface area contributed by atoms with Gasteiger partial charge in [-0.2, -0.15) is 0 Å². The van der Waals surface area contributed by atoms with Gasteiger partial charge in [-0.3, -0.25) is 4.79 Å². The lowest BCUT2D eigenvalue weighted by molar-refractivity contribution is 1.46. The van der Waals surface area contributed by atoms with Gasteiger partial charge in [0, 0.05) is 15.2 Å². The van der Waals surface area contributed by atoms with E-state index in [9.17, 15) is 4.79 Å². The second-order valence-corrected chi connectivity index (χ2v) is 5.04. The number of hydrogen-bond donors (Lipinski definition) is 1. The summed E-state index contributed by atoms with van der Waals surface area (Å²) in [4.78, 5) is 15.5. The van der Waals surface area contributed by atoms with Gasteiger partial charge in [0.25, 0.3) is 0 Å². The number of halogens is 2. The van der Waals surface area contributed by atoms with E-state index in [0.717, 1.165) is 9.99 Å². The SMILES string of the molecule is O=c1c2cccc(Cl)c2[nH]c2c(Br)cccc12. The number of rotatable bonds is 0. The maximum absolute atomic E-state index is 12.3. The zero-order valence-electron chi connectivity index (χ0n) is 8.63. The molecule has 1 N–H and O–H groups in total. The molecule has 0 aliphatic heterocycles. The van der Waals surface area contributed by atoms with Gasteiger partial charge in [-0.25, -0.2) is 0 Å². The van der Waals surface area contributed by atoms with Crippen LogP contribution in [0.5, 0.6) is 0 Å². The lowest BCUT2D eigenvalue weighted by atomic mass is 10.1.